The van der Waals surface area contributed by atoms with Gasteiger partial charge in [0.2, 0.25) is 0 Å². The number of unbranched alkanes of at least 4 members (excludes halogenated alkanes) is 2. The fraction of sp³-hybridized carbons (Fsp3) is 1.00. The molecule has 0 aromatic rings. The van der Waals surface area contributed by atoms with Crippen LogP contribution in [0.25, 0.3) is 0 Å². The topological polar surface area (TPSA) is 9.23 Å². The molecular formula is C11H25ClOSn. The third kappa shape index (κ3) is 7.35. The Balaban J connectivity index is 3.89. The molecule has 3 heteroatoms. The zero-order valence-corrected chi connectivity index (χ0v) is 13.6. The van der Waals surface area contributed by atoms with Gasteiger partial charge in [0.25, 0.3) is 0 Å². The van der Waals surface area contributed by atoms with Crippen LogP contribution in [0.1, 0.15) is 39.5 Å². The average molecular weight is 327 g/mol. The van der Waals surface area contributed by atoms with Crippen LogP contribution in [-0.2, 0) is 4.74 Å². The Labute approximate surface area is 97.1 Å². The molecule has 0 spiro atoms. The third-order valence-corrected chi connectivity index (χ3v) is 16.8. The van der Waals surface area contributed by atoms with Crippen molar-refractivity contribution in [2.75, 3.05) is 13.7 Å². The Morgan fingerprint density at radius 3 is 1.86 bits per heavy atom. The molecule has 0 aromatic carbocycles. The van der Waals surface area contributed by atoms with E-state index in [9.17, 15) is 0 Å². The van der Waals surface area contributed by atoms with Crippen LogP contribution in [-0.4, -0.2) is 31.0 Å². The van der Waals surface area contributed by atoms with Gasteiger partial charge in [-0.2, -0.15) is 0 Å². The first-order valence-corrected chi connectivity index (χ1v) is 15.5. The molecule has 1 nitrogen and oxygen atoms in total. The second-order valence-electron chi connectivity index (χ2n) is 4.10. The van der Waals surface area contributed by atoms with Crippen molar-refractivity contribution in [3.05, 3.63) is 0 Å². The van der Waals surface area contributed by atoms with Crippen molar-refractivity contribution in [2.45, 2.75) is 52.8 Å². The van der Waals surface area contributed by atoms with Crippen LogP contribution in [0, 0.1) is 0 Å². The molecule has 0 aliphatic heterocycles. The molecule has 0 aliphatic carbocycles. The summed E-state index contributed by atoms with van der Waals surface area (Å²) in [6.07, 6.45) is 5.22. The number of methoxy groups -OCH3 is 1. The SMILES string of the molecule is CCC[CH2][Sn]([Cl])([CH2]CCC)[CH2]COC. The molecule has 14 heavy (non-hydrogen) atoms. The van der Waals surface area contributed by atoms with E-state index in [4.69, 9.17) is 13.7 Å². The fourth-order valence-electron chi connectivity index (χ4n) is 1.65. The summed E-state index contributed by atoms with van der Waals surface area (Å²) < 4.78 is 9.05. The Morgan fingerprint density at radius 2 is 1.50 bits per heavy atom. The third-order valence-electron chi connectivity index (χ3n) is 2.71. The quantitative estimate of drug-likeness (QED) is 0.570. The number of hydrogen-bond acceptors (Lipinski definition) is 1. The molecule has 0 N–H and O–H groups in total. The summed E-state index contributed by atoms with van der Waals surface area (Å²) in [4.78, 5) is 0. The van der Waals surface area contributed by atoms with E-state index in [1.165, 1.54) is 39.0 Å². The summed E-state index contributed by atoms with van der Waals surface area (Å²) in [6, 6.07) is 0. The molecule has 0 fully saturated rings. The molecule has 0 atom stereocenters. The summed E-state index contributed by atoms with van der Waals surface area (Å²) in [6.45, 7) is 5.38. The molecule has 0 aliphatic rings. The molecule has 0 radical (unpaired) electrons. The average Bonchev–Trinajstić information content (AvgIpc) is 2.21. The summed E-state index contributed by atoms with van der Waals surface area (Å²) in [5.74, 6) is 0. The van der Waals surface area contributed by atoms with E-state index < -0.39 is 17.3 Å². The number of halogens is 1. The van der Waals surface area contributed by atoms with E-state index in [-0.39, 0.29) is 0 Å². The van der Waals surface area contributed by atoms with E-state index in [0.29, 0.717) is 0 Å². The van der Waals surface area contributed by atoms with Gasteiger partial charge < -0.3 is 0 Å². The van der Waals surface area contributed by atoms with Gasteiger partial charge in [-0.25, -0.2) is 0 Å². The van der Waals surface area contributed by atoms with Crippen molar-refractivity contribution >= 4 is 26.2 Å². The Bertz CT molecular complexity index is 109. The van der Waals surface area contributed by atoms with Gasteiger partial charge in [-0.15, -0.1) is 0 Å². The molecule has 0 aromatic heterocycles. The Hall–Kier alpha value is 1.05. The van der Waals surface area contributed by atoms with E-state index >= 15 is 0 Å². The Kier molecular flexibility index (Phi) is 9.98. The van der Waals surface area contributed by atoms with Gasteiger partial charge in [-0.05, 0) is 0 Å². The molecule has 0 heterocycles. The molecule has 0 amide bonds. The van der Waals surface area contributed by atoms with Crippen LogP contribution in [0.15, 0.2) is 0 Å². The molecule has 0 saturated carbocycles. The van der Waals surface area contributed by atoms with Crippen LogP contribution in [0.3, 0.4) is 0 Å². The van der Waals surface area contributed by atoms with Crippen molar-refractivity contribution in [3.8, 4) is 0 Å². The van der Waals surface area contributed by atoms with Crippen LogP contribution in [0.5, 0.6) is 0 Å². The normalized spacial score (nSPS) is 12.0. The van der Waals surface area contributed by atoms with Gasteiger partial charge in [0, 0.05) is 0 Å². The van der Waals surface area contributed by atoms with Crippen molar-refractivity contribution in [2.24, 2.45) is 0 Å². The van der Waals surface area contributed by atoms with E-state index in [0.717, 1.165) is 6.61 Å². The zero-order valence-electron chi connectivity index (χ0n) is 9.94. The standard InChI is InChI=1S/2C4H9.C3H7O.ClH.Sn/c3*1-3-4-2;;/h2*1,3-4H2,2H3;1,3H2,2H3;1H;/q;;;;+1/p-1. The fourth-order valence-corrected chi connectivity index (χ4v) is 13.4. The summed E-state index contributed by atoms with van der Waals surface area (Å²) in [5, 5.41) is 0. The summed E-state index contributed by atoms with van der Waals surface area (Å²) in [5.41, 5.74) is 0. The predicted octanol–water partition coefficient (Wildman–Crippen LogP) is 4.42. The van der Waals surface area contributed by atoms with Gasteiger partial charge >= 0.3 is 97.5 Å². The van der Waals surface area contributed by atoms with E-state index in [1.54, 1.807) is 7.11 Å². The molecule has 86 valence electrons. The zero-order chi connectivity index (χ0) is 10.9. The van der Waals surface area contributed by atoms with E-state index in [2.05, 4.69) is 13.8 Å². The Morgan fingerprint density at radius 1 is 1.00 bits per heavy atom. The maximum absolute atomic E-state index is 6.81. The first kappa shape index (κ1) is 15.0. The monoisotopic (exact) mass is 328 g/mol. The predicted molar refractivity (Wildman–Crippen MR) is 67.7 cm³/mol. The van der Waals surface area contributed by atoms with Gasteiger partial charge in [-0.3, -0.25) is 0 Å². The maximum atomic E-state index is 6.81. The van der Waals surface area contributed by atoms with Crippen molar-refractivity contribution in [1.82, 2.24) is 0 Å². The number of rotatable bonds is 9. The molecule has 0 unspecified atom stereocenters. The van der Waals surface area contributed by atoms with Gasteiger partial charge in [0.15, 0.2) is 0 Å². The molecule has 0 rings (SSSR count). The minimum absolute atomic E-state index is 0.882. The second-order valence-corrected chi connectivity index (χ2v) is 20.3. The first-order valence-electron chi connectivity index (χ1n) is 5.86. The summed E-state index contributed by atoms with van der Waals surface area (Å²) >= 11 is -2.22. The number of hydrogen-bond donors (Lipinski definition) is 0. The van der Waals surface area contributed by atoms with Crippen LogP contribution in [0.2, 0.25) is 13.3 Å². The van der Waals surface area contributed by atoms with Gasteiger partial charge in [0.1, 0.15) is 0 Å². The summed E-state index contributed by atoms with van der Waals surface area (Å²) in [7, 11) is 8.59. The van der Waals surface area contributed by atoms with Crippen molar-refractivity contribution < 1.29 is 4.74 Å². The van der Waals surface area contributed by atoms with Gasteiger partial charge in [0.05, 0.1) is 0 Å². The van der Waals surface area contributed by atoms with Gasteiger partial charge in [-0.1, -0.05) is 0 Å². The van der Waals surface area contributed by atoms with Crippen LogP contribution in [0.4, 0.5) is 0 Å². The molecule has 0 saturated heterocycles. The van der Waals surface area contributed by atoms with Crippen molar-refractivity contribution in [3.63, 3.8) is 0 Å². The van der Waals surface area contributed by atoms with Crippen molar-refractivity contribution in [1.29, 1.82) is 0 Å². The minimum atomic E-state index is -2.22. The van der Waals surface area contributed by atoms with Crippen LogP contribution >= 0.6 is 8.92 Å². The number of ether oxygens (including phenoxy) is 1. The van der Waals surface area contributed by atoms with E-state index in [1.807, 2.05) is 0 Å². The van der Waals surface area contributed by atoms with Crippen LogP contribution < -0.4 is 0 Å². The first-order chi connectivity index (χ1) is 6.68. The molecule has 0 bridgehead atoms. The molecular weight excluding hydrogens is 302 g/mol. The second kappa shape index (κ2) is 9.29.